The van der Waals surface area contributed by atoms with Crippen molar-refractivity contribution in [1.82, 2.24) is 19.9 Å². The zero-order chi connectivity index (χ0) is 23.8. The number of aliphatic carboxylic acids is 1. The van der Waals surface area contributed by atoms with Crippen LogP contribution in [0.15, 0.2) is 24.3 Å². The van der Waals surface area contributed by atoms with Crippen LogP contribution in [0, 0.1) is 5.92 Å². The van der Waals surface area contributed by atoms with Crippen molar-refractivity contribution in [1.29, 1.82) is 0 Å². The molecular formula is C24H34N4O5. The van der Waals surface area contributed by atoms with Gasteiger partial charge in [-0.15, -0.1) is 5.10 Å². The zero-order valence-electron chi connectivity index (χ0n) is 19.7. The van der Waals surface area contributed by atoms with Crippen LogP contribution >= 0.6 is 0 Å². The Kier molecular flexibility index (Phi) is 8.68. The molecule has 1 N–H and O–H groups in total. The summed E-state index contributed by atoms with van der Waals surface area (Å²) in [4.78, 5) is 25.2. The van der Waals surface area contributed by atoms with E-state index in [0.29, 0.717) is 36.5 Å². The topological polar surface area (TPSA) is 107 Å². The summed E-state index contributed by atoms with van der Waals surface area (Å²) in [7, 11) is 3.51. The molecule has 1 aliphatic rings. The lowest BCUT2D eigenvalue weighted by Crippen LogP contribution is -2.29. The van der Waals surface area contributed by atoms with Crippen molar-refractivity contribution in [2.24, 2.45) is 13.0 Å². The minimum absolute atomic E-state index is 0.0761. The lowest BCUT2D eigenvalue weighted by molar-refractivity contribution is -0.143. The highest BCUT2D eigenvalue weighted by atomic mass is 16.6. The normalized spacial score (nSPS) is 18.0. The van der Waals surface area contributed by atoms with Crippen LogP contribution in [-0.2, 0) is 23.2 Å². The molecule has 0 bridgehead atoms. The number of rotatable bonds is 10. The number of unbranched alkanes of at least 4 members (excludes halogenated alkanes) is 2. The Morgan fingerprint density at radius 1 is 1.21 bits per heavy atom. The summed E-state index contributed by atoms with van der Waals surface area (Å²) in [6.45, 7) is 2.87. The molecule has 0 spiro atoms. The summed E-state index contributed by atoms with van der Waals surface area (Å²) in [6, 6.07) is 7.48. The number of aryl methyl sites for hydroxylation is 1. The number of aromatic nitrogens is 3. The molecule has 1 saturated carbocycles. The average Bonchev–Trinajstić information content (AvgIpc) is 3.18. The molecule has 9 heteroatoms. The molecule has 3 rings (SSSR count). The molecule has 1 amide bonds. The monoisotopic (exact) mass is 458 g/mol. The Labute approximate surface area is 194 Å². The maximum absolute atomic E-state index is 12.3. The van der Waals surface area contributed by atoms with Crippen LogP contribution < -0.4 is 4.74 Å². The molecule has 0 unspecified atom stereocenters. The molecule has 1 fully saturated rings. The summed E-state index contributed by atoms with van der Waals surface area (Å²) in [6.07, 6.45) is 5.63. The lowest BCUT2D eigenvalue weighted by atomic mass is 9.87. The smallest absolute Gasteiger partial charge is 0.409 e. The SMILES string of the molecule is CCCCCN(C)C(=O)OCc1c(-c2ccc(O[C@H]3CCC[C@H](C(=O)O)C3)cc2)nnn1C. The van der Waals surface area contributed by atoms with E-state index >= 15 is 0 Å². The van der Waals surface area contributed by atoms with Gasteiger partial charge in [-0.2, -0.15) is 0 Å². The predicted molar refractivity (Wildman–Crippen MR) is 123 cm³/mol. The number of carbonyl (C=O) groups is 2. The minimum atomic E-state index is -0.748. The number of carboxylic acid groups (broad SMARTS) is 1. The van der Waals surface area contributed by atoms with E-state index in [1.165, 1.54) is 0 Å². The zero-order valence-corrected chi connectivity index (χ0v) is 19.7. The fourth-order valence-corrected chi connectivity index (χ4v) is 4.05. The number of carboxylic acids is 1. The van der Waals surface area contributed by atoms with Crippen LogP contribution in [0.5, 0.6) is 5.75 Å². The molecule has 2 aromatic rings. The Hall–Kier alpha value is -3.10. The Balaban J connectivity index is 1.60. The average molecular weight is 459 g/mol. The first-order chi connectivity index (χ1) is 15.9. The predicted octanol–water partition coefficient (Wildman–Crippen LogP) is 4.26. The van der Waals surface area contributed by atoms with Crippen molar-refractivity contribution in [3.63, 3.8) is 0 Å². The van der Waals surface area contributed by atoms with E-state index in [0.717, 1.165) is 37.7 Å². The molecule has 9 nitrogen and oxygen atoms in total. The number of ether oxygens (including phenoxy) is 2. The van der Waals surface area contributed by atoms with E-state index in [9.17, 15) is 14.7 Å². The van der Waals surface area contributed by atoms with Crippen molar-refractivity contribution in [2.45, 2.75) is 64.6 Å². The van der Waals surface area contributed by atoms with Crippen LogP contribution in [0.25, 0.3) is 11.3 Å². The van der Waals surface area contributed by atoms with E-state index in [2.05, 4.69) is 17.2 Å². The third kappa shape index (κ3) is 6.69. The van der Waals surface area contributed by atoms with Gasteiger partial charge in [-0.05, 0) is 56.4 Å². The lowest BCUT2D eigenvalue weighted by Gasteiger charge is -2.27. The van der Waals surface area contributed by atoms with Crippen LogP contribution in [-0.4, -0.2) is 56.8 Å². The van der Waals surface area contributed by atoms with Crippen molar-refractivity contribution in [2.75, 3.05) is 13.6 Å². The second-order valence-corrected chi connectivity index (χ2v) is 8.66. The molecule has 1 heterocycles. The van der Waals surface area contributed by atoms with Gasteiger partial charge < -0.3 is 19.5 Å². The first kappa shape index (κ1) is 24.5. The van der Waals surface area contributed by atoms with Crippen LogP contribution in [0.4, 0.5) is 4.79 Å². The molecule has 0 aliphatic heterocycles. The number of amides is 1. The fourth-order valence-electron chi connectivity index (χ4n) is 4.05. The molecule has 0 radical (unpaired) electrons. The second kappa shape index (κ2) is 11.7. The van der Waals surface area contributed by atoms with E-state index in [-0.39, 0.29) is 24.7 Å². The molecule has 33 heavy (non-hydrogen) atoms. The van der Waals surface area contributed by atoms with Gasteiger partial charge in [0.2, 0.25) is 0 Å². The van der Waals surface area contributed by atoms with Gasteiger partial charge in [0.15, 0.2) is 0 Å². The Bertz CT molecular complexity index is 927. The number of hydrogen-bond acceptors (Lipinski definition) is 6. The van der Waals surface area contributed by atoms with Crippen LogP contribution in [0.1, 0.15) is 57.6 Å². The summed E-state index contributed by atoms with van der Waals surface area (Å²) in [5, 5.41) is 17.6. The van der Waals surface area contributed by atoms with Crippen molar-refractivity contribution in [3.05, 3.63) is 30.0 Å². The number of carbonyl (C=O) groups excluding carboxylic acids is 1. The van der Waals surface area contributed by atoms with Crippen LogP contribution in [0.2, 0.25) is 0 Å². The summed E-state index contributed by atoms with van der Waals surface area (Å²) in [5.41, 5.74) is 2.19. The third-order valence-electron chi connectivity index (χ3n) is 6.09. The highest BCUT2D eigenvalue weighted by molar-refractivity contribution is 5.70. The molecule has 1 aromatic carbocycles. The number of nitrogens with zero attached hydrogens (tertiary/aromatic N) is 4. The second-order valence-electron chi connectivity index (χ2n) is 8.66. The molecular weight excluding hydrogens is 424 g/mol. The highest BCUT2D eigenvalue weighted by Gasteiger charge is 2.28. The molecule has 1 aromatic heterocycles. The van der Waals surface area contributed by atoms with Gasteiger partial charge in [-0.3, -0.25) is 4.79 Å². The van der Waals surface area contributed by atoms with E-state index in [1.54, 1.807) is 23.7 Å². The standard InChI is InChI=1S/C24H34N4O5/c1-4-5-6-14-27(2)24(31)32-16-21-22(25-26-28(21)3)17-10-12-19(13-11-17)33-20-9-7-8-18(15-20)23(29)30/h10-13,18,20H,4-9,14-16H2,1-3H3,(H,29,30)/t18-,20-/m0/s1. The van der Waals surface area contributed by atoms with E-state index in [1.807, 2.05) is 24.3 Å². The number of benzene rings is 1. The largest absolute Gasteiger partial charge is 0.490 e. The fraction of sp³-hybridized carbons (Fsp3) is 0.583. The molecule has 1 aliphatic carbocycles. The highest BCUT2D eigenvalue weighted by Crippen LogP contribution is 2.29. The van der Waals surface area contributed by atoms with Crippen molar-refractivity contribution < 1.29 is 24.2 Å². The first-order valence-corrected chi connectivity index (χ1v) is 11.6. The Morgan fingerprint density at radius 2 is 1.97 bits per heavy atom. The quantitative estimate of drug-likeness (QED) is 0.530. The van der Waals surface area contributed by atoms with Gasteiger partial charge in [0.05, 0.1) is 12.0 Å². The van der Waals surface area contributed by atoms with Crippen molar-refractivity contribution >= 4 is 12.1 Å². The van der Waals surface area contributed by atoms with Gasteiger partial charge in [0.1, 0.15) is 23.7 Å². The Morgan fingerprint density at radius 3 is 2.67 bits per heavy atom. The molecule has 0 saturated heterocycles. The number of hydrogen-bond donors (Lipinski definition) is 1. The van der Waals surface area contributed by atoms with Gasteiger partial charge in [-0.1, -0.05) is 25.0 Å². The maximum Gasteiger partial charge on any atom is 0.409 e. The van der Waals surface area contributed by atoms with E-state index in [4.69, 9.17) is 9.47 Å². The van der Waals surface area contributed by atoms with Gasteiger partial charge in [-0.25, -0.2) is 9.48 Å². The third-order valence-corrected chi connectivity index (χ3v) is 6.09. The van der Waals surface area contributed by atoms with Crippen molar-refractivity contribution in [3.8, 4) is 17.0 Å². The molecule has 2 atom stereocenters. The summed E-state index contributed by atoms with van der Waals surface area (Å²) in [5.74, 6) is -0.388. The van der Waals surface area contributed by atoms with Gasteiger partial charge >= 0.3 is 12.1 Å². The maximum atomic E-state index is 12.3. The van der Waals surface area contributed by atoms with E-state index < -0.39 is 5.97 Å². The first-order valence-electron chi connectivity index (χ1n) is 11.6. The molecule has 180 valence electrons. The summed E-state index contributed by atoms with van der Waals surface area (Å²) < 4.78 is 13.1. The minimum Gasteiger partial charge on any atom is -0.490 e. The van der Waals surface area contributed by atoms with Gasteiger partial charge in [0, 0.05) is 26.2 Å². The van der Waals surface area contributed by atoms with Crippen LogP contribution in [0.3, 0.4) is 0 Å². The summed E-state index contributed by atoms with van der Waals surface area (Å²) >= 11 is 0. The van der Waals surface area contributed by atoms with Gasteiger partial charge in [0.25, 0.3) is 0 Å².